The maximum Gasteiger partial charge on any atom is 0.252 e. The van der Waals surface area contributed by atoms with Gasteiger partial charge in [-0.15, -0.1) is 5.10 Å². The molecule has 0 fully saturated rings. The topological polar surface area (TPSA) is 69.1 Å². The summed E-state index contributed by atoms with van der Waals surface area (Å²) in [6.45, 7) is 2.53. The molecule has 1 atom stereocenters. The maximum absolute atomic E-state index is 5.54. The number of rotatable bonds is 2. The van der Waals surface area contributed by atoms with E-state index in [9.17, 15) is 0 Å². The lowest BCUT2D eigenvalue weighted by atomic mass is 10.2. The molecule has 74 valence electrons. The van der Waals surface area contributed by atoms with Gasteiger partial charge in [0.2, 0.25) is 0 Å². The number of hydrogen-bond donors (Lipinski definition) is 1. The van der Waals surface area contributed by atoms with Crippen LogP contribution in [-0.4, -0.2) is 26.1 Å². The van der Waals surface area contributed by atoms with E-state index in [0.717, 1.165) is 10.3 Å². The molecule has 2 heterocycles. The van der Waals surface area contributed by atoms with Crippen LogP contribution in [0.5, 0.6) is 0 Å². The molecule has 0 bridgehead atoms. The summed E-state index contributed by atoms with van der Waals surface area (Å²) >= 11 is 3.32. The normalized spacial score (nSPS) is 13.4. The van der Waals surface area contributed by atoms with E-state index in [-0.39, 0.29) is 5.92 Å². The number of hydrogen-bond acceptors (Lipinski definition) is 4. The predicted molar refractivity (Wildman–Crippen MR) is 56.0 cm³/mol. The Labute approximate surface area is 89.5 Å². The van der Waals surface area contributed by atoms with Crippen molar-refractivity contribution >= 4 is 21.7 Å². The Balaban J connectivity index is 2.51. The van der Waals surface area contributed by atoms with Crippen LogP contribution in [0.25, 0.3) is 5.78 Å². The molecular formula is C8H10BrN5. The van der Waals surface area contributed by atoms with Crippen LogP contribution in [0.4, 0.5) is 0 Å². The molecule has 0 aromatic carbocycles. The minimum absolute atomic E-state index is 0.162. The molecular weight excluding hydrogens is 246 g/mol. The molecule has 0 saturated carbocycles. The fraction of sp³-hybridized carbons (Fsp3) is 0.375. The van der Waals surface area contributed by atoms with E-state index in [1.807, 2.05) is 13.1 Å². The fourth-order valence-corrected chi connectivity index (χ4v) is 1.39. The molecule has 14 heavy (non-hydrogen) atoms. The molecule has 0 radical (unpaired) electrons. The van der Waals surface area contributed by atoms with Crippen LogP contribution in [0.2, 0.25) is 0 Å². The first-order valence-electron chi connectivity index (χ1n) is 4.28. The average Bonchev–Trinajstić information content (AvgIpc) is 2.59. The van der Waals surface area contributed by atoms with E-state index >= 15 is 0 Å². The van der Waals surface area contributed by atoms with Crippen molar-refractivity contribution in [1.82, 2.24) is 19.6 Å². The Morgan fingerprint density at radius 1 is 1.64 bits per heavy atom. The summed E-state index contributed by atoms with van der Waals surface area (Å²) in [5.74, 6) is 1.50. The lowest BCUT2D eigenvalue weighted by molar-refractivity contribution is 0.708. The highest BCUT2D eigenvalue weighted by Crippen LogP contribution is 2.11. The van der Waals surface area contributed by atoms with Crippen molar-refractivity contribution in [3.05, 3.63) is 22.7 Å². The summed E-state index contributed by atoms with van der Waals surface area (Å²) in [7, 11) is 0. The summed E-state index contributed by atoms with van der Waals surface area (Å²) in [6, 6.07) is 0. The molecule has 0 aliphatic rings. The highest BCUT2D eigenvalue weighted by Gasteiger charge is 2.10. The molecule has 0 saturated heterocycles. The molecule has 0 aliphatic carbocycles. The minimum atomic E-state index is 0.162. The van der Waals surface area contributed by atoms with Gasteiger partial charge < -0.3 is 5.73 Å². The van der Waals surface area contributed by atoms with Crippen LogP contribution in [0.15, 0.2) is 16.9 Å². The monoisotopic (exact) mass is 255 g/mol. The van der Waals surface area contributed by atoms with Crippen LogP contribution >= 0.6 is 15.9 Å². The Morgan fingerprint density at radius 2 is 2.43 bits per heavy atom. The van der Waals surface area contributed by atoms with E-state index in [4.69, 9.17) is 5.73 Å². The van der Waals surface area contributed by atoms with Gasteiger partial charge >= 0.3 is 0 Å². The van der Waals surface area contributed by atoms with Crippen LogP contribution in [0.3, 0.4) is 0 Å². The highest BCUT2D eigenvalue weighted by molar-refractivity contribution is 9.10. The summed E-state index contributed by atoms with van der Waals surface area (Å²) in [4.78, 5) is 8.38. The zero-order valence-corrected chi connectivity index (χ0v) is 9.27. The predicted octanol–water partition coefficient (Wildman–Crippen LogP) is 0.949. The first-order valence-corrected chi connectivity index (χ1v) is 5.08. The molecule has 2 N–H and O–H groups in total. The van der Waals surface area contributed by atoms with Crippen molar-refractivity contribution in [3.8, 4) is 0 Å². The van der Waals surface area contributed by atoms with Gasteiger partial charge in [0.15, 0.2) is 5.82 Å². The summed E-state index contributed by atoms with van der Waals surface area (Å²) < 4.78 is 2.52. The van der Waals surface area contributed by atoms with Gasteiger partial charge in [-0.25, -0.2) is 9.50 Å². The van der Waals surface area contributed by atoms with E-state index in [2.05, 4.69) is 31.0 Å². The Morgan fingerprint density at radius 3 is 3.14 bits per heavy atom. The van der Waals surface area contributed by atoms with Gasteiger partial charge in [0.25, 0.3) is 5.78 Å². The largest absolute Gasteiger partial charge is 0.330 e. The molecule has 0 aliphatic heterocycles. The average molecular weight is 256 g/mol. The third-order valence-corrected chi connectivity index (χ3v) is 2.38. The Bertz CT molecular complexity index is 452. The molecule has 0 amide bonds. The molecule has 2 aromatic rings. The zero-order chi connectivity index (χ0) is 10.1. The van der Waals surface area contributed by atoms with Crippen molar-refractivity contribution in [2.75, 3.05) is 6.54 Å². The first-order chi connectivity index (χ1) is 6.70. The van der Waals surface area contributed by atoms with Gasteiger partial charge in [-0.2, -0.15) is 4.98 Å². The number of halogens is 1. The Hall–Kier alpha value is -1.01. The minimum Gasteiger partial charge on any atom is -0.330 e. The van der Waals surface area contributed by atoms with Gasteiger partial charge in [-0.05, 0) is 15.9 Å². The smallest absolute Gasteiger partial charge is 0.252 e. The number of aromatic nitrogens is 4. The van der Waals surface area contributed by atoms with Gasteiger partial charge in [0.1, 0.15) is 0 Å². The van der Waals surface area contributed by atoms with Crippen molar-refractivity contribution in [2.24, 2.45) is 5.73 Å². The van der Waals surface area contributed by atoms with Crippen LogP contribution in [0, 0.1) is 0 Å². The van der Waals surface area contributed by atoms with Gasteiger partial charge in [-0.1, -0.05) is 6.92 Å². The molecule has 2 aromatic heterocycles. The van der Waals surface area contributed by atoms with Crippen LogP contribution in [0.1, 0.15) is 18.7 Å². The lowest BCUT2D eigenvalue weighted by Crippen LogP contribution is -2.10. The lowest BCUT2D eigenvalue weighted by Gasteiger charge is -1.99. The Kier molecular flexibility index (Phi) is 2.47. The van der Waals surface area contributed by atoms with Crippen molar-refractivity contribution in [2.45, 2.75) is 12.8 Å². The van der Waals surface area contributed by atoms with Crippen LogP contribution < -0.4 is 5.73 Å². The van der Waals surface area contributed by atoms with Crippen molar-refractivity contribution < 1.29 is 0 Å². The summed E-state index contributed by atoms with van der Waals surface area (Å²) in [5.41, 5.74) is 5.54. The second kappa shape index (κ2) is 3.62. The second-order valence-electron chi connectivity index (χ2n) is 3.12. The van der Waals surface area contributed by atoms with Crippen molar-refractivity contribution in [1.29, 1.82) is 0 Å². The number of fused-ring (bicyclic) bond motifs is 1. The summed E-state index contributed by atoms with van der Waals surface area (Å²) in [5, 5.41) is 4.28. The highest BCUT2D eigenvalue weighted by atomic mass is 79.9. The first kappa shape index (κ1) is 9.54. The van der Waals surface area contributed by atoms with Gasteiger partial charge in [0, 0.05) is 24.9 Å². The van der Waals surface area contributed by atoms with Crippen LogP contribution in [-0.2, 0) is 0 Å². The fourth-order valence-electron chi connectivity index (χ4n) is 1.09. The molecule has 2 rings (SSSR count). The number of nitrogens with zero attached hydrogens (tertiary/aromatic N) is 4. The van der Waals surface area contributed by atoms with Gasteiger partial charge in [-0.3, -0.25) is 0 Å². The van der Waals surface area contributed by atoms with E-state index in [1.165, 1.54) is 0 Å². The van der Waals surface area contributed by atoms with E-state index in [0.29, 0.717) is 12.3 Å². The standard InChI is InChI=1S/C8H10BrN5/c1-5(2-10)7-12-8-11-3-6(9)4-14(8)13-7/h3-5H,2,10H2,1H3. The molecule has 0 spiro atoms. The molecule has 6 heteroatoms. The zero-order valence-electron chi connectivity index (χ0n) is 7.68. The van der Waals surface area contributed by atoms with Gasteiger partial charge in [0.05, 0.1) is 4.47 Å². The second-order valence-corrected chi connectivity index (χ2v) is 4.04. The number of nitrogens with two attached hydrogens (primary N) is 1. The third kappa shape index (κ3) is 1.62. The third-order valence-electron chi connectivity index (χ3n) is 1.97. The molecule has 1 unspecified atom stereocenters. The maximum atomic E-state index is 5.54. The molecule has 5 nitrogen and oxygen atoms in total. The van der Waals surface area contributed by atoms with E-state index in [1.54, 1.807) is 10.7 Å². The quantitative estimate of drug-likeness (QED) is 0.868. The van der Waals surface area contributed by atoms with Crippen molar-refractivity contribution in [3.63, 3.8) is 0 Å². The van der Waals surface area contributed by atoms with E-state index < -0.39 is 0 Å². The summed E-state index contributed by atoms with van der Waals surface area (Å²) in [6.07, 6.45) is 3.52. The SMILES string of the molecule is CC(CN)c1nc2ncc(Br)cn2n1.